The van der Waals surface area contributed by atoms with Crippen LogP contribution >= 0.6 is 0 Å². The van der Waals surface area contributed by atoms with Crippen LogP contribution in [0.25, 0.3) is 0 Å². The summed E-state index contributed by atoms with van der Waals surface area (Å²) in [6, 6.07) is 1.54. The molecule has 0 bridgehead atoms. The lowest BCUT2D eigenvalue weighted by atomic mass is 9.91. The number of hydrogen-bond acceptors (Lipinski definition) is 3. The van der Waals surface area contributed by atoms with Gasteiger partial charge in [0, 0.05) is 11.5 Å². The minimum absolute atomic E-state index is 0.224. The molecule has 62 valence electrons. The van der Waals surface area contributed by atoms with Gasteiger partial charge in [-0.2, -0.15) is 0 Å². The molecule has 0 saturated heterocycles. The molecule has 1 aromatic rings. The van der Waals surface area contributed by atoms with E-state index in [2.05, 4.69) is 9.68 Å². The Balaban J connectivity index is 2.92. The van der Waals surface area contributed by atoms with Crippen molar-refractivity contribution in [1.29, 1.82) is 0 Å². The molecule has 2 N–H and O–H groups in total. The Morgan fingerprint density at radius 2 is 2.36 bits per heavy atom. The van der Waals surface area contributed by atoms with Gasteiger partial charge in [0.25, 0.3) is 0 Å². The van der Waals surface area contributed by atoms with Gasteiger partial charge in [-0.25, -0.2) is 0 Å². The average molecular weight is 158 g/mol. The molecule has 1 aromatic heterocycles. The third-order valence-corrected chi connectivity index (χ3v) is 1.56. The van der Waals surface area contributed by atoms with Gasteiger partial charge in [0.2, 0.25) is 5.88 Å². The molecule has 0 atom stereocenters. The maximum atomic E-state index is 12.3. The molecule has 3 nitrogen and oxygen atoms in total. The number of nitrogens with two attached hydrogens (primary N) is 1. The minimum atomic E-state index is -0.596. The molecular weight excluding hydrogens is 147 g/mol. The van der Waals surface area contributed by atoms with Crippen LogP contribution in [0, 0.1) is 0 Å². The monoisotopic (exact) mass is 158 g/mol. The van der Waals surface area contributed by atoms with Crippen LogP contribution in [0.15, 0.2) is 10.6 Å². The number of anilines is 1. The normalized spacial score (nSPS) is 11.9. The van der Waals surface area contributed by atoms with Gasteiger partial charge in [-0.3, -0.25) is 4.39 Å². The molecule has 0 aliphatic heterocycles. The Morgan fingerprint density at radius 1 is 1.73 bits per heavy atom. The largest absolute Gasteiger partial charge is 0.368 e. The lowest BCUT2D eigenvalue weighted by Crippen LogP contribution is -2.19. The molecule has 4 heteroatoms. The Morgan fingerprint density at radius 3 is 2.73 bits per heavy atom. The van der Waals surface area contributed by atoms with Crippen LogP contribution in [-0.2, 0) is 5.41 Å². The highest BCUT2D eigenvalue weighted by Crippen LogP contribution is 2.23. The molecule has 0 spiro atoms. The summed E-state index contributed by atoms with van der Waals surface area (Å²) in [5, 5.41) is 3.62. The molecule has 0 aromatic carbocycles. The molecular formula is C7H11FN2O. The summed E-state index contributed by atoms with van der Waals surface area (Å²) in [4.78, 5) is 0. The van der Waals surface area contributed by atoms with Gasteiger partial charge in [-0.15, -0.1) is 0 Å². The van der Waals surface area contributed by atoms with Crippen molar-refractivity contribution < 1.29 is 8.91 Å². The number of hydrogen-bond donors (Lipinski definition) is 1. The van der Waals surface area contributed by atoms with Crippen LogP contribution in [0.1, 0.15) is 19.5 Å². The van der Waals surface area contributed by atoms with Crippen LogP contribution < -0.4 is 5.73 Å². The molecule has 1 heterocycles. The number of halogens is 1. The summed E-state index contributed by atoms with van der Waals surface area (Å²) < 4.78 is 17.0. The first kappa shape index (κ1) is 8.04. The Hall–Kier alpha value is -1.06. The van der Waals surface area contributed by atoms with E-state index in [1.165, 1.54) is 0 Å². The van der Waals surface area contributed by atoms with Crippen LogP contribution in [0.5, 0.6) is 0 Å². The van der Waals surface area contributed by atoms with E-state index >= 15 is 0 Å². The van der Waals surface area contributed by atoms with E-state index in [1.807, 2.05) is 0 Å². The second-order valence-corrected chi connectivity index (χ2v) is 3.13. The van der Waals surface area contributed by atoms with E-state index in [0.717, 1.165) is 0 Å². The second-order valence-electron chi connectivity index (χ2n) is 3.13. The molecule has 0 aliphatic carbocycles. The van der Waals surface area contributed by atoms with Crippen molar-refractivity contribution in [3.8, 4) is 0 Å². The van der Waals surface area contributed by atoms with E-state index < -0.39 is 12.1 Å². The fraction of sp³-hybridized carbons (Fsp3) is 0.571. The quantitative estimate of drug-likeness (QED) is 0.709. The molecule has 11 heavy (non-hydrogen) atoms. The summed E-state index contributed by atoms with van der Waals surface area (Å²) in [7, 11) is 0. The number of rotatable bonds is 2. The maximum Gasteiger partial charge on any atom is 0.222 e. The van der Waals surface area contributed by atoms with Crippen LogP contribution in [-0.4, -0.2) is 11.8 Å². The van der Waals surface area contributed by atoms with Gasteiger partial charge >= 0.3 is 0 Å². The number of alkyl halides is 1. The number of nitrogens with zero attached hydrogens (tertiary/aromatic N) is 1. The SMILES string of the molecule is CC(C)(CF)c1cc(N)on1. The van der Waals surface area contributed by atoms with Gasteiger partial charge in [0.05, 0.1) is 5.69 Å². The molecule has 0 saturated carbocycles. The van der Waals surface area contributed by atoms with E-state index in [4.69, 9.17) is 5.73 Å². The van der Waals surface area contributed by atoms with Gasteiger partial charge < -0.3 is 10.3 Å². The van der Waals surface area contributed by atoms with E-state index in [1.54, 1.807) is 19.9 Å². The highest BCUT2D eigenvalue weighted by atomic mass is 19.1. The zero-order valence-corrected chi connectivity index (χ0v) is 6.60. The highest BCUT2D eigenvalue weighted by Gasteiger charge is 2.24. The zero-order valence-electron chi connectivity index (χ0n) is 6.60. The van der Waals surface area contributed by atoms with Crippen molar-refractivity contribution in [2.24, 2.45) is 0 Å². The lowest BCUT2D eigenvalue weighted by Gasteiger charge is -2.15. The van der Waals surface area contributed by atoms with Crippen molar-refractivity contribution in [2.45, 2.75) is 19.3 Å². The third-order valence-electron chi connectivity index (χ3n) is 1.56. The van der Waals surface area contributed by atoms with Crippen LogP contribution in [0.3, 0.4) is 0 Å². The predicted octanol–water partition coefficient (Wildman–Crippen LogP) is 1.50. The second kappa shape index (κ2) is 2.53. The first-order valence-electron chi connectivity index (χ1n) is 3.35. The fourth-order valence-electron chi connectivity index (χ4n) is 0.677. The summed E-state index contributed by atoms with van der Waals surface area (Å²) in [5.41, 5.74) is 5.24. The van der Waals surface area contributed by atoms with Crippen LogP contribution in [0.4, 0.5) is 10.3 Å². The fourth-order valence-corrected chi connectivity index (χ4v) is 0.677. The predicted molar refractivity (Wildman–Crippen MR) is 39.9 cm³/mol. The molecule has 0 unspecified atom stereocenters. The van der Waals surface area contributed by atoms with Crippen molar-refractivity contribution in [3.63, 3.8) is 0 Å². The Kier molecular flexibility index (Phi) is 1.85. The maximum absolute atomic E-state index is 12.3. The third kappa shape index (κ3) is 1.50. The molecule has 0 amide bonds. The first-order chi connectivity index (χ1) is 5.06. The van der Waals surface area contributed by atoms with Gasteiger partial charge in [-0.1, -0.05) is 19.0 Å². The number of aromatic nitrogens is 1. The average Bonchev–Trinajstić information content (AvgIpc) is 2.36. The Labute approximate surface area is 64.4 Å². The summed E-state index contributed by atoms with van der Waals surface area (Å²) in [5.74, 6) is 0.224. The molecule has 0 aliphatic rings. The van der Waals surface area contributed by atoms with E-state index in [9.17, 15) is 4.39 Å². The van der Waals surface area contributed by atoms with Gasteiger partial charge in [0.15, 0.2) is 0 Å². The first-order valence-corrected chi connectivity index (χ1v) is 3.35. The highest BCUT2D eigenvalue weighted by molar-refractivity contribution is 5.28. The molecule has 0 radical (unpaired) electrons. The standard InChI is InChI=1S/C7H11FN2O/c1-7(2,4-8)5-3-6(9)11-10-5/h3H,4,9H2,1-2H3. The van der Waals surface area contributed by atoms with Crippen molar-refractivity contribution >= 4 is 5.88 Å². The summed E-state index contributed by atoms with van der Waals surface area (Å²) >= 11 is 0. The van der Waals surface area contributed by atoms with E-state index in [-0.39, 0.29) is 5.88 Å². The van der Waals surface area contributed by atoms with Crippen LogP contribution in [0.2, 0.25) is 0 Å². The zero-order chi connectivity index (χ0) is 8.48. The minimum Gasteiger partial charge on any atom is -0.368 e. The molecule has 1 rings (SSSR count). The van der Waals surface area contributed by atoms with Crippen molar-refractivity contribution in [3.05, 3.63) is 11.8 Å². The smallest absolute Gasteiger partial charge is 0.222 e. The summed E-state index contributed by atoms with van der Waals surface area (Å²) in [6.07, 6.45) is 0. The summed E-state index contributed by atoms with van der Waals surface area (Å²) in [6.45, 7) is 3.01. The van der Waals surface area contributed by atoms with Crippen molar-refractivity contribution in [1.82, 2.24) is 5.16 Å². The topological polar surface area (TPSA) is 52.0 Å². The van der Waals surface area contributed by atoms with Gasteiger partial charge in [-0.05, 0) is 0 Å². The molecule has 0 fully saturated rings. The lowest BCUT2D eigenvalue weighted by molar-refractivity contribution is 0.324. The van der Waals surface area contributed by atoms with Gasteiger partial charge in [0.1, 0.15) is 6.67 Å². The number of nitrogen functional groups attached to an aromatic ring is 1. The van der Waals surface area contributed by atoms with Crippen molar-refractivity contribution in [2.75, 3.05) is 12.4 Å². The van der Waals surface area contributed by atoms with E-state index in [0.29, 0.717) is 5.69 Å². The Bertz CT molecular complexity index is 244.